The Hall–Kier alpha value is -2.33. The van der Waals surface area contributed by atoms with Crippen LogP contribution in [-0.4, -0.2) is 19.7 Å². The fourth-order valence-corrected chi connectivity index (χ4v) is 3.09. The van der Waals surface area contributed by atoms with Crippen LogP contribution in [0.15, 0.2) is 65.8 Å². The van der Waals surface area contributed by atoms with Crippen molar-refractivity contribution in [3.8, 4) is 22.3 Å². The zero-order valence-corrected chi connectivity index (χ0v) is 13.3. The maximum atomic E-state index is 11.5. The lowest BCUT2D eigenvalue weighted by Crippen LogP contribution is -1.96. The lowest BCUT2D eigenvalue weighted by atomic mass is 9.98. The Bertz CT molecular complexity index is 889. The molecule has 1 N–H and O–H groups in total. The first-order chi connectivity index (χ1) is 10.4. The van der Waals surface area contributed by atoms with Gasteiger partial charge in [-0.3, -0.25) is 0 Å². The zero-order valence-electron chi connectivity index (χ0n) is 12.5. The summed E-state index contributed by atoms with van der Waals surface area (Å²) in [5.41, 5.74) is 5.51. The number of sulfone groups is 1. The molecular formula is C18H17NO2S. The largest absolute Gasteiger partial charge is 0.366 e. The summed E-state index contributed by atoms with van der Waals surface area (Å²) in [7, 11) is -3.16. The number of hydrogen-bond acceptors (Lipinski definition) is 2. The Morgan fingerprint density at radius 2 is 1.23 bits per heavy atom. The third-order valence-electron chi connectivity index (χ3n) is 3.70. The standard InChI is InChI=1S/C18H17NO2S/c1-13-3-5-14(6-4-13)17-11-19-12-18(17)15-7-9-16(10-8-15)22(2,20)21/h3-12,19H,1-2H3. The Morgan fingerprint density at radius 1 is 0.773 bits per heavy atom. The van der Waals surface area contributed by atoms with Gasteiger partial charge in [-0.05, 0) is 30.2 Å². The SMILES string of the molecule is Cc1ccc(-c2c[nH]cc2-c2ccc(S(C)(=O)=O)cc2)cc1. The van der Waals surface area contributed by atoms with Crippen molar-refractivity contribution in [2.45, 2.75) is 11.8 Å². The minimum absolute atomic E-state index is 0.337. The molecule has 0 bridgehead atoms. The molecule has 3 rings (SSSR count). The van der Waals surface area contributed by atoms with Crippen molar-refractivity contribution in [2.75, 3.05) is 6.26 Å². The average Bonchev–Trinajstić information content (AvgIpc) is 2.97. The monoisotopic (exact) mass is 311 g/mol. The summed E-state index contributed by atoms with van der Waals surface area (Å²) >= 11 is 0. The number of benzene rings is 2. The van der Waals surface area contributed by atoms with Crippen LogP contribution in [0.1, 0.15) is 5.56 Å². The molecule has 0 saturated carbocycles. The first-order valence-corrected chi connectivity index (χ1v) is 8.88. The molecule has 4 heteroatoms. The molecule has 0 amide bonds. The van der Waals surface area contributed by atoms with Gasteiger partial charge in [-0.25, -0.2) is 8.42 Å². The molecule has 3 aromatic rings. The molecule has 0 atom stereocenters. The zero-order chi connectivity index (χ0) is 15.7. The predicted molar refractivity (Wildman–Crippen MR) is 89.5 cm³/mol. The molecule has 2 aromatic carbocycles. The van der Waals surface area contributed by atoms with Crippen molar-refractivity contribution in [3.05, 3.63) is 66.5 Å². The van der Waals surface area contributed by atoms with E-state index in [1.54, 1.807) is 12.1 Å². The third-order valence-corrected chi connectivity index (χ3v) is 4.83. The molecule has 3 nitrogen and oxygen atoms in total. The van der Waals surface area contributed by atoms with E-state index in [1.165, 1.54) is 11.8 Å². The van der Waals surface area contributed by atoms with E-state index >= 15 is 0 Å². The lowest BCUT2D eigenvalue weighted by molar-refractivity contribution is 0.602. The number of rotatable bonds is 3. The Morgan fingerprint density at radius 3 is 1.68 bits per heavy atom. The number of H-pyrrole nitrogens is 1. The fourth-order valence-electron chi connectivity index (χ4n) is 2.46. The van der Waals surface area contributed by atoms with Gasteiger partial charge in [0.2, 0.25) is 0 Å². The van der Waals surface area contributed by atoms with Crippen molar-refractivity contribution < 1.29 is 8.42 Å². The molecule has 0 saturated heterocycles. The second-order valence-corrected chi connectivity index (χ2v) is 7.46. The normalized spacial score (nSPS) is 11.5. The van der Waals surface area contributed by atoms with E-state index in [9.17, 15) is 8.42 Å². The number of aromatic amines is 1. The van der Waals surface area contributed by atoms with Crippen LogP contribution in [0, 0.1) is 6.92 Å². The van der Waals surface area contributed by atoms with Gasteiger partial charge in [-0.2, -0.15) is 0 Å². The molecule has 0 radical (unpaired) electrons. The van der Waals surface area contributed by atoms with Crippen LogP contribution in [0.25, 0.3) is 22.3 Å². The highest BCUT2D eigenvalue weighted by molar-refractivity contribution is 7.90. The van der Waals surface area contributed by atoms with Gasteiger partial charge in [-0.15, -0.1) is 0 Å². The molecule has 0 unspecified atom stereocenters. The number of nitrogens with one attached hydrogen (secondary N) is 1. The number of aromatic nitrogens is 1. The van der Waals surface area contributed by atoms with E-state index in [-0.39, 0.29) is 0 Å². The molecule has 22 heavy (non-hydrogen) atoms. The van der Waals surface area contributed by atoms with Gasteiger partial charge in [-0.1, -0.05) is 42.0 Å². The fraction of sp³-hybridized carbons (Fsp3) is 0.111. The minimum atomic E-state index is -3.16. The highest BCUT2D eigenvalue weighted by Crippen LogP contribution is 2.32. The Kier molecular flexibility index (Phi) is 3.62. The van der Waals surface area contributed by atoms with Crippen LogP contribution in [0.5, 0.6) is 0 Å². The summed E-state index contributed by atoms with van der Waals surface area (Å²) in [5.74, 6) is 0. The maximum Gasteiger partial charge on any atom is 0.175 e. The van der Waals surface area contributed by atoms with E-state index in [1.807, 2.05) is 24.5 Å². The highest BCUT2D eigenvalue weighted by Gasteiger charge is 2.11. The van der Waals surface area contributed by atoms with Crippen molar-refractivity contribution in [3.63, 3.8) is 0 Å². The van der Waals surface area contributed by atoms with Gasteiger partial charge in [0.15, 0.2) is 9.84 Å². The van der Waals surface area contributed by atoms with Crippen molar-refractivity contribution in [2.24, 2.45) is 0 Å². The van der Waals surface area contributed by atoms with Gasteiger partial charge in [0, 0.05) is 29.8 Å². The highest BCUT2D eigenvalue weighted by atomic mass is 32.2. The molecule has 112 valence electrons. The number of hydrogen-bond donors (Lipinski definition) is 1. The van der Waals surface area contributed by atoms with Crippen LogP contribution in [0.3, 0.4) is 0 Å². The second kappa shape index (κ2) is 5.46. The number of aryl methyl sites for hydroxylation is 1. The van der Waals surface area contributed by atoms with E-state index in [0.717, 1.165) is 22.3 Å². The molecule has 0 fully saturated rings. The Labute approximate surface area is 130 Å². The van der Waals surface area contributed by atoms with Gasteiger partial charge in [0.05, 0.1) is 4.90 Å². The molecule has 0 aliphatic heterocycles. The van der Waals surface area contributed by atoms with Crippen LogP contribution >= 0.6 is 0 Å². The van der Waals surface area contributed by atoms with Gasteiger partial charge in [0.1, 0.15) is 0 Å². The molecule has 0 aliphatic carbocycles. The maximum absolute atomic E-state index is 11.5. The van der Waals surface area contributed by atoms with Crippen LogP contribution in [0.2, 0.25) is 0 Å². The van der Waals surface area contributed by atoms with Crippen LogP contribution < -0.4 is 0 Å². The summed E-state index contributed by atoms with van der Waals surface area (Å²) in [4.78, 5) is 3.47. The summed E-state index contributed by atoms with van der Waals surface area (Å²) in [6.45, 7) is 2.06. The summed E-state index contributed by atoms with van der Waals surface area (Å²) in [5, 5.41) is 0. The molecular weight excluding hydrogens is 294 g/mol. The average molecular weight is 311 g/mol. The van der Waals surface area contributed by atoms with E-state index in [2.05, 4.69) is 36.2 Å². The third kappa shape index (κ3) is 2.83. The smallest absolute Gasteiger partial charge is 0.175 e. The molecule has 0 spiro atoms. The Balaban J connectivity index is 2.03. The lowest BCUT2D eigenvalue weighted by Gasteiger charge is -2.06. The van der Waals surface area contributed by atoms with Gasteiger partial charge < -0.3 is 4.98 Å². The minimum Gasteiger partial charge on any atom is -0.366 e. The van der Waals surface area contributed by atoms with E-state index in [4.69, 9.17) is 0 Å². The van der Waals surface area contributed by atoms with Gasteiger partial charge >= 0.3 is 0 Å². The molecule has 1 heterocycles. The van der Waals surface area contributed by atoms with Crippen molar-refractivity contribution >= 4 is 9.84 Å². The van der Waals surface area contributed by atoms with Crippen molar-refractivity contribution in [1.82, 2.24) is 4.98 Å². The predicted octanol–water partition coefficient (Wildman–Crippen LogP) is 4.06. The summed E-state index contributed by atoms with van der Waals surface area (Å²) in [6, 6.07) is 15.3. The molecule has 1 aromatic heterocycles. The second-order valence-electron chi connectivity index (χ2n) is 5.45. The van der Waals surface area contributed by atoms with Crippen molar-refractivity contribution in [1.29, 1.82) is 0 Å². The van der Waals surface area contributed by atoms with E-state index < -0.39 is 9.84 Å². The topological polar surface area (TPSA) is 49.9 Å². The van der Waals surface area contributed by atoms with E-state index in [0.29, 0.717) is 4.90 Å². The summed E-state index contributed by atoms with van der Waals surface area (Å²) in [6.07, 6.45) is 5.12. The molecule has 0 aliphatic rings. The quantitative estimate of drug-likeness (QED) is 0.793. The van der Waals surface area contributed by atoms with Crippen LogP contribution in [-0.2, 0) is 9.84 Å². The first kappa shape index (κ1) is 14.6. The van der Waals surface area contributed by atoms with Gasteiger partial charge in [0.25, 0.3) is 0 Å². The van der Waals surface area contributed by atoms with Crippen LogP contribution in [0.4, 0.5) is 0 Å². The summed E-state index contributed by atoms with van der Waals surface area (Å²) < 4.78 is 23.1. The first-order valence-electron chi connectivity index (χ1n) is 6.99.